The highest BCUT2D eigenvalue weighted by Crippen LogP contribution is 1.57. The summed E-state index contributed by atoms with van der Waals surface area (Å²) >= 11 is 0. The van der Waals surface area contributed by atoms with Gasteiger partial charge in [-0.2, -0.15) is 0 Å². The lowest BCUT2D eigenvalue weighted by atomic mass is 15.8. The van der Waals surface area contributed by atoms with E-state index in [9.17, 15) is 0 Å². The fourth-order valence-electron chi connectivity index (χ4n) is 0. The largest absolute Gasteiger partial charge is 0.813 e. The summed E-state index contributed by atoms with van der Waals surface area (Å²) in [6.45, 7) is 0. The van der Waals surface area contributed by atoms with Crippen molar-refractivity contribution in [1.82, 2.24) is 0 Å². The molecule has 40 valence electrons. The zero-order valence-corrected chi connectivity index (χ0v) is 4.20. The second kappa shape index (κ2) is 2.40. The molecule has 6 heavy (non-hydrogen) atoms. The Bertz CT molecular complexity index is 88.7. The number of thiol groups is 1. The molecule has 4 nitrogen and oxygen atoms in total. The summed E-state index contributed by atoms with van der Waals surface area (Å²) in [6, 6.07) is 0. The molecule has 0 atom stereocenters. The lowest BCUT2D eigenvalue weighted by molar-refractivity contribution is 0.352. The van der Waals surface area contributed by atoms with Crippen LogP contribution in [-0.2, 0) is 23.9 Å². The molecule has 6 heteroatoms. The number of hydrogen-bond donors (Lipinski definition) is 0. The van der Waals surface area contributed by atoms with Crippen molar-refractivity contribution in [3.05, 3.63) is 0 Å². The zero-order chi connectivity index (χ0) is 4.50. The van der Waals surface area contributed by atoms with Crippen molar-refractivity contribution in [3.8, 4) is 0 Å². The summed E-state index contributed by atoms with van der Waals surface area (Å²) in [5.41, 5.74) is 0. The number of rotatable bonds is 0. The molecule has 0 aliphatic heterocycles. The van der Waals surface area contributed by atoms with Crippen molar-refractivity contribution in [2.45, 2.75) is 0 Å². The molecule has 0 amide bonds. The molecule has 0 saturated heterocycles. The monoisotopic (exact) mass is 129 g/mol. The second-order valence-electron chi connectivity index (χ2n) is 0.408. The Morgan fingerprint density at radius 3 is 1.17 bits per heavy atom. The van der Waals surface area contributed by atoms with E-state index in [0.717, 1.165) is 0 Å². The highest BCUT2D eigenvalue weighted by Gasteiger charge is 1.49. The first-order valence-electron chi connectivity index (χ1n) is 0.667. The molecule has 0 N–H and O–H groups in total. The van der Waals surface area contributed by atoms with Gasteiger partial charge >= 0.3 is 0 Å². The van der Waals surface area contributed by atoms with Crippen LogP contribution in [0.15, 0.2) is 0 Å². The van der Waals surface area contributed by atoms with Crippen LogP contribution in [0.2, 0.25) is 0 Å². The summed E-state index contributed by atoms with van der Waals surface area (Å²) in [4.78, 5) is 0. The first-order valence-corrected chi connectivity index (χ1v) is 2.00. The topological polar surface area (TPSA) is 80.3 Å². The molecule has 0 radical (unpaired) electrons. The first kappa shape index (κ1) is 9.52. The molecule has 0 aliphatic rings. The van der Waals surface area contributed by atoms with Crippen LogP contribution in [-0.4, -0.2) is 17.5 Å². The van der Waals surface area contributed by atoms with Gasteiger partial charge in [0, 0.05) is 10.4 Å². The van der Waals surface area contributed by atoms with Crippen LogP contribution in [0.25, 0.3) is 0 Å². The summed E-state index contributed by atoms with van der Waals surface area (Å²) in [6.07, 6.45) is 0. The molecule has 0 aromatic carbocycles. The van der Waals surface area contributed by atoms with Crippen LogP contribution >= 0.6 is 0 Å². The fourth-order valence-corrected chi connectivity index (χ4v) is 0. The fraction of sp³-hybridized carbons (Fsp3) is 0. The van der Waals surface area contributed by atoms with Gasteiger partial charge in [0.15, 0.2) is 0 Å². The molecule has 0 aliphatic carbocycles. The van der Waals surface area contributed by atoms with E-state index in [-0.39, 0.29) is 13.5 Å². The van der Waals surface area contributed by atoms with E-state index in [1.54, 1.807) is 0 Å². The van der Waals surface area contributed by atoms with Crippen LogP contribution in [0.3, 0.4) is 0 Å². The van der Waals surface area contributed by atoms with Gasteiger partial charge in [-0.3, -0.25) is 8.42 Å². The smallest absolute Gasteiger partial charge is 0.0311 e. The van der Waals surface area contributed by atoms with E-state index in [2.05, 4.69) is 0 Å². The van der Waals surface area contributed by atoms with Crippen molar-refractivity contribution in [3.63, 3.8) is 0 Å². The second-order valence-corrected chi connectivity index (χ2v) is 1.22. The molecule has 0 aromatic heterocycles. The average Bonchev–Trinajstić information content (AvgIpc) is 0.722. The van der Waals surface area contributed by atoms with E-state index >= 15 is 0 Å². The summed E-state index contributed by atoms with van der Waals surface area (Å²) < 4.78 is 34.1. The van der Waals surface area contributed by atoms with E-state index in [1.807, 2.05) is 0 Å². The third kappa shape index (κ3) is 904. The molecule has 0 spiro atoms. The van der Waals surface area contributed by atoms with Gasteiger partial charge in [0.25, 0.3) is 0 Å². The van der Waals surface area contributed by atoms with Crippen LogP contribution in [0, 0.1) is 0 Å². The Kier molecular flexibility index (Phi) is 3.81. The highest BCUT2D eigenvalue weighted by atomic mass is 32.3. The standard InChI is InChI=1S/H2O4S.H2S/c1-5(2,3)4;/h(H2,1,2,3,4);1H2/p-3. The van der Waals surface area contributed by atoms with Gasteiger partial charge in [-0.1, -0.05) is 0 Å². The number of hydrogen-bond acceptors (Lipinski definition) is 5. The van der Waals surface area contributed by atoms with Gasteiger partial charge in [0.2, 0.25) is 0 Å². The maximum atomic E-state index is 8.52. The van der Waals surface area contributed by atoms with Crippen LogP contribution < -0.4 is 0 Å². The third-order valence-electron chi connectivity index (χ3n) is 0. The minimum absolute atomic E-state index is 0. The summed E-state index contributed by atoms with van der Waals surface area (Å²) in [5.74, 6) is 0. The molecule has 0 rings (SSSR count). The normalized spacial score (nSPS) is 9.67. The van der Waals surface area contributed by atoms with Crippen LogP contribution in [0.1, 0.15) is 0 Å². The van der Waals surface area contributed by atoms with Gasteiger partial charge in [0.05, 0.1) is 0 Å². The van der Waals surface area contributed by atoms with Crippen LogP contribution in [0.5, 0.6) is 0 Å². The molecule has 0 heterocycles. The van der Waals surface area contributed by atoms with E-state index in [1.165, 1.54) is 0 Å². The molecule has 0 bridgehead atoms. The Morgan fingerprint density at radius 2 is 1.17 bits per heavy atom. The molecule has 0 aromatic rings. The predicted molar refractivity (Wildman–Crippen MR) is 19.2 cm³/mol. The molecule has 0 unspecified atom stereocenters. The van der Waals surface area contributed by atoms with Crippen molar-refractivity contribution >= 4 is 23.9 Å². The third-order valence-corrected chi connectivity index (χ3v) is 0. The quantitative estimate of drug-likeness (QED) is 0.170. The van der Waals surface area contributed by atoms with E-state index in [0.29, 0.717) is 0 Å². The van der Waals surface area contributed by atoms with E-state index < -0.39 is 10.4 Å². The van der Waals surface area contributed by atoms with Crippen molar-refractivity contribution in [1.29, 1.82) is 0 Å². The van der Waals surface area contributed by atoms with Gasteiger partial charge < -0.3 is 22.6 Å². The molecule has 0 saturated carbocycles. The predicted octanol–water partition coefficient (Wildman–Crippen LogP) is -1.61. The summed E-state index contributed by atoms with van der Waals surface area (Å²) in [7, 11) is -5.17. The van der Waals surface area contributed by atoms with Crippen molar-refractivity contribution in [2.24, 2.45) is 0 Å². The van der Waals surface area contributed by atoms with Crippen molar-refractivity contribution in [2.75, 3.05) is 0 Å². The molecular weight excluding hydrogens is 128 g/mol. The maximum absolute atomic E-state index is 8.52. The van der Waals surface area contributed by atoms with Crippen molar-refractivity contribution < 1.29 is 17.5 Å². The Labute approximate surface area is 42.2 Å². The Balaban J connectivity index is 0. The first-order chi connectivity index (χ1) is 2.00. The van der Waals surface area contributed by atoms with Gasteiger partial charge in [-0.25, -0.2) is 0 Å². The average molecular weight is 129 g/mol. The van der Waals surface area contributed by atoms with Crippen LogP contribution in [0.4, 0.5) is 0 Å². The molecule has 0 fully saturated rings. The lowest BCUT2D eigenvalue weighted by Gasteiger charge is -2.06. The minimum Gasteiger partial charge on any atom is -0.813 e. The minimum atomic E-state index is -5.17. The zero-order valence-electron chi connectivity index (χ0n) is 2.49. The van der Waals surface area contributed by atoms with E-state index in [4.69, 9.17) is 17.5 Å². The lowest BCUT2D eigenvalue weighted by Crippen LogP contribution is -1.91. The van der Waals surface area contributed by atoms with Gasteiger partial charge in [-0.05, 0) is 0 Å². The molecular formula is HO4S2-3. The Morgan fingerprint density at radius 1 is 1.17 bits per heavy atom. The highest BCUT2D eigenvalue weighted by molar-refractivity contribution is 7.79. The Hall–Kier alpha value is 0.220. The SMILES string of the molecule is O=S(=O)([O-])[O-].[SH-]. The maximum Gasteiger partial charge on any atom is 0.0311 e. The van der Waals surface area contributed by atoms with Gasteiger partial charge in [-0.15, -0.1) is 0 Å². The summed E-state index contributed by atoms with van der Waals surface area (Å²) in [5, 5.41) is 0. The van der Waals surface area contributed by atoms with Gasteiger partial charge in [0.1, 0.15) is 0 Å².